The van der Waals surface area contributed by atoms with Gasteiger partial charge in [-0.15, -0.1) is 0 Å². The Labute approximate surface area is 120 Å². The van der Waals surface area contributed by atoms with Gasteiger partial charge in [-0.25, -0.2) is 4.79 Å². The molecule has 0 aliphatic heterocycles. The molecule has 0 bridgehead atoms. The summed E-state index contributed by atoms with van der Waals surface area (Å²) >= 11 is 3.33. The Morgan fingerprint density at radius 1 is 1.32 bits per heavy atom. The van der Waals surface area contributed by atoms with Crippen LogP contribution in [-0.4, -0.2) is 25.7 Å². The molecule has 0 saturated heterocycles. The van der Waals surface area contributed by atoms with Crippen molar-refractivity contribution in [1.29, 1.82) is 0 Å². The third kappa shape index (κ3) is 4.24. The number of hydrogen-bond acceptors (Lipinski definition) is 5. The van der Waals surface area contributed by atoms with Gasteiger partial charge in [-0.1, -0.05) is 0 Å². The molecule has 19 heavy (non-hydrogen) atoms. The highest BCUT2D eigenvalue weighted by Gasteiger charge is 2.18. The second-order valence-corrected chi connectivity index (χ2v) is 4.51. The summed E-state index contributed by atoms with van der Waals surface area (Å²) in [6.45, 7) is 3.65. The molecule has 0 saturated carbocycles. The molecule has 0 atom stereocenters. The van der Waals surface area contributed by atoms with Crippen LogP contribution in [0.4, 0.5) is 0 Å². The molecule has 0 heterocycles. The lowest BCUT2D eigenvalue weighted by Gasteiger charge is -2.13. The Bertz CT molecular complexity index is 484. The van der Waals surface area contributed by atoms with Crippen molar-refractivity contribution in [1.82, 2.24) is 0 Å². The lowest BCUT2D eigenvalue weighted by atomic mass is 10.1. The van der Waals surface area contributed by atoms with Gasteiger partial charge in [-0.05, 0) is 40.5 Å². The quantitative estimate of drug-likeness (QED) is 0.777. The van der Waals surface area contributed by atoms with Crippen molar-refractivity contribution in [2.75, 3.05) is 13.7 Å². The maximum Gasteiger partial charge on any atom is 0.341 e. The molecule has 0 unspecified atom stereocenters. The third-order valence-electron chi connectivity index (χ3n) is 2.24. The lowest BCUT2D eigenvalue weighted by molar-refractivity contribution is -0.142. The van der Waals surface area contributed by atoms with E-state index in [1.807, 2.05) is 6.92 Å². The molecule has 0 spiro atoms. The van der Waals surface area contributed by atoms with E-state index >= 15 is 0 Å². The van der Waals surface area contributed by atoms with Gasteiger partial charge in [0.15, 0.2) is 0 Å². The Kier molecular flexibility index (Phi) is 5.82. The first-order valence-corrected chi connectivity index (χ1v) is 6.45. The highest BCUT2D eigenvalue weighted by Crippen LogP contribution is 2.31. The molecule has 1 aromatic carbocycles. The molecular weight excluding hydrogens is 316 g/mol. The van der Waals surface area contributed by atoms with E-state index in [-0.39, 0.29) is 12.6 Å². The highest BCUT2D eigenvalue weighted by molar-refractivity contribution is 9.10. The van der Waals surface area contributed by atoms with Crippen LogP contribution in [0.1, 0.15) is 29.8 Å². The van der Waals surface area contributed by atoms with Crippen LogP contribution >= 0.6 is 15.9 Å². The topological polar surface area (TPSA) is 61.8 Å². The number of esters is 2. The Balaban J connectivity index is 3.14. The zero-order valence-corrected chi connectivity index (χ0v) is 12.6. The van der Waals surface area contributed by atoms with Gasteiger partial charge in [-0.2, -0.15) is 0 Å². The van der Waals surface area contributed by atoms with Crippen molar-refractivity contribution < 1.29 is 23.8 Å². The summed E-state index contributed by atoms with van der Waals surface area (Å²) < 4.78 is 15.6. The first-order chi connectivity index (χ1) is 8.99. The summed E-state index contributed by atoms with van der Waals surface area (Å²) in [5, 5.41) is 0. The summed E-state index contributed by atoms with van der Waals surface area (Å²) in [7, 11) is 1.30. The fourth-order valence-corrected chi connectivity index (χ4v) is 2.09. The summed E-state index contributed by atoms with van der Waals surface area (Å²) in [6, 6.07) is 3.32. The third-order valence-corrected chi connectivity index (χ3v) is 2.83. The molecule has 0 radical (unpaired) electrons. The van der Waals surface area contributed by atoms with Gasteiger partial charge in [0.1, 0.15) is 17.9 Å². The van der Waals surface area contributed by atoms with E-state index in [9.17, 15) is 9.59 Å². The van der Waals surface area contributed by atoms with E-state index in [1.54, 1.807) is 12.1 Å². The molecule has 1 rings (SSSR count). The number of halogens is 1. The number of ether oxygens (including phenoxy) is 3. The molecule has 104 valence electrons. The Hall–Kier alpha value is -1.56. The van der Waals surface area contributed by atoms with Crippen molar-refractivity contribution in [3.8, 4) is 5.75 Å². The van der Waals surface area contributed by atoms with Crippen molar-refractivity contribution in [2.24, 2.45) is 0 Å². The predicted molar refractivity (Wildman–Crippen MR) is 72.1 cm³/mol. The number of rotatable bonds is 5. The maximum absolute atomic E-state index is 11.7. The van der Waals surface area contributed by atoms with Gasteiger partial charge in [0, 0.05) is 6.92 Å². The minimum absolute atomic E-state index is 0.0876. The molecule has 0 amide bonds. The van der Waals surface area contributed by atoms with Crippen LogP contribution in [0.15, 0.2) is 16.6 Å². The molecule has 1 aromatic rings. The largest absolute Gasteiger partial charge is 0.492 e. The standard InChI is InChI=1S/C13H15BrO5/c1-4-18-12-10(13(16)17-3)5-9(6-11(12)14)7-19-8(2)15/h5-6H,4,7H2,1-3H3. The van der Waals surface area contributed by atoms with Crippen LogP contribution in [0.5, 0.6) is 5.75 Å². The van der Waals surface area contributed by atoms with Crippen LogP contribution in [0.25, 0.3) is 0 Å². The van der Waals surface area contributed by atoms with E-state index in [2.05, 4.69) is 15.9 Å². The number of hydrogen-bond donors (Lipinski definition) is 0. The highest BCUT2D eigenvalue weighted by atomic mass is 79.9. The van der Waals surface area contributed by atoms with Gasteiger partial charge < -0.3 is 14.2 Å². The smallest absolute Gasteiger partial charge is 0.341 e. The predicted octanol–water partition coefficient (Wildman–Crippen LogP) is 2.70. The van der Waals surface area contributed by atoms with E-state index in [1.165, 1.54) is 14.0 Å². The minimum Gasteiger partial charge on any atom is -0.492 e. The minimum atomic E-state index is -0.506. The molecule has 0 aliphatic rings. The van der Waals surface area contributed by atoms with E-state index in [0.717, 1.165) is 0 Å². The molecule has 5 nitrogen and oxygen atoms in total. The number of carbonyl (C=O) groups excluding carboxylic acids is 2. The fourth-order valence-electron chi connectivity index (χ4n) is 1.47. The van der Waals surface area contributed by atoms with Crippen LogP contribution < -0.4 is 4.74 Å². The average Bonchev–Trinajstić information content (AvgIpc) is 2.38. The molecule has 0 aromatic heterocycles. The first-order valence-electron chi connectivity index (χ1n) is 5.66. The van der Waals surface area contributed by atoms with E-state index in [0.29, 0.717) is 28.0 Å². The van der Waals surface area contributed by atoms with Gasteiger partial charge in [0.05, 0.1) is 18.2 Å². The van der Waals surface area contributed by atoms with Gasteiger partial charge >= 0.3 is 11.9 Å². The van der Waals surface area contributed by atoms with Gasteiger partial charge in [0.2, 0.25) is 0 Å². The van der Waals surface area contributed by atoms with Crippen molar-refractivity contribution >= 4 is 27.9 Å². The Morgan fingerprint density at radius 3 is 2.53 bits per heavy atom. The average molecular weight is 331 g/mol. The monoisotopic (exact) mass is 330 g/mol. The maximum atomic E-state index is 11.7. The molecule has 0 fully saturated rings. The number of carbonyl (C=O) groups is 2. The summed E-state index contributed by atoms with van der Waals surface area (Å²) in [4.78, 5) is 22.5. The second kappa shape index (κ2) is 7.13. The lowest BCUT2D eigenvalue weighted by Crippen LogP contribution is -2.08. The molecule has 6 heteroatoms. The van der Waals surface area contributed by atoms with Crippen LogP contribution in [0, 0.1) is 0 Å². The van der Waals surface area contributed by atoms with Crippen molar-refractivity contribution in [3.63, 3.8) is 0 Å². The van der Waals surface area contributed by atoms with Crippen molar-refractivity contribution in [3.05, 3.63) is 27.7 Å². The summed E-state index contributed by atoms with van der Waals surface area (Å²) in [5.41, 5.74) is 0.965. The fraction of sp³-hybridized carbons (Fsp3) is 0.385. The SMILES string of the molecule is CCOc1c(Br)cc(COC(C)=O)cc1C(=O)OC. The summed E-state index contributed by atoms with van der Waals surface area (Å²) in [5.74, 6) is -0.473. The normalized spacial score (nSPS) is 9.89. The molecule has 0 N–H and O–H groups in total. The van der Waals surface area contributed by atoms with Gasteiger partial charge in [-0.3, -0.25) is 4.79 Å². The zero-order valence-electron chi connectivity index (χ0n) is 11.0. The first kappa shape index (κ1) is 15.5. The van der Waals surface area contributed by atoms with Crippen LogP contribution in [-0.2, 0) is 20.9 Å². The molecular formula is C13H15BrO5. The van der Waals surface area contributed by atoms with Crippen LogP contribution in [0.2, 0.25) is 0 Å². The van der Waals surface area contributed by atoms with Gasteiger partial charge in [0.25, 0.3) is 0 Å². The second-order valence-electron chi connectivity index (χ2n) is 3.66. The van der Waals surface area contributed by atoms with Crippen LogP contribution in [0.3, 0.4) is 0 Å². The van der Waals surface area contributed by atoms with E-state index < -0.39 is 5.97 Å². The zero-order chi connectivity index (χ0) is 14.4. The summed E-state index contributed by atoms with van der Waals surface area (Å²) in [6.07, 6.45) is 0. The number of methoxy groups -OCH3 is 1. The van der Waals surface area contributed by atoms with E-state index in [4.69, 9.17) is 14.2 Å². The Morgan fingerprint density at radius 2 is 2.00 bits per heavy atom. The molecule has 0 aliphatic carbocycles. The number of benzene rings is 1. The van der Waals surface area contributed by atoms with Crippen molar-refractivity contribution in [2.45, 2.75) is 20.5 Å².